The monoisotopic (exact) mass is 1490 g/mol. The molecule has 0 spiro atoms. The number of aromatic amines is 3. The van der Waals surface area contributed by atoms with E-state index < -0.39 is 30.8 Å². The van der Waals surface area contributed by atoms with E-state index in [9.17, 15) is 28.8 Å². The zero-order valence-corrected chi connectivity index (χ0v) is 62.5. The van der Waals surface area contributed by atoms with Crippen molar-refractivity contribution in [2.75, 3.05) is 0 Å². The molecule has 4 saturated carbocycles. The summed E-state index contributed by atoms with van der Waals surface area (Å²) in [4.78, 5) is 99.2. The van der Waals surface area contributed by atoms with Gasteiger partial charge in [-0.05, 0) is 142 Å². The number of piperidine rings is 4. The Bertz CT molecular complexity index is 3530. The molecule has 0 amide bonds. The van der Waals surface area contributed by atoms with Crippen LogP contribution < -0.4 is 38.5 Å². The Labute approximate surface area is 666 Å². The minimum Gasteiger partial charge on any atom is 0 e. The van der Waals surface area contributed by atoms with Crippen molar-refractivity contribution < 1.29 is 32.2 Å². The first-order valence-electron chi connectivity index (χ1n) is 28.9. The third-order valence-electron chi connectivity index (χ3n) is 18.9. The fourth-order valence-corrected chi connectivity index (χ4v) is 16.4. The van der Waals surface area contributed by atoms with Crippen LogP contribution in [0.3, 0.4) is 0 Å². The quantitative estimate of drug-likeness (QED) is 0.0400. The number of hydrogen-bond donors (Lipinski definition) is 4. The SMILES string of the molecule is C.C.C.O=[P+]([O-])OO.O=c1c(Cl)nc2ccccc2n1C1C[C@H]2CCC[C@@H](C1)N2C1C[C@H]2CCC[C@@H](C1)C2.O=c1cn[nH]c(=O)[nH]1.O=c1cnn(-c2nc3ccccc3n(C3C[C@H]4CCC[C@@H](C3)N4C3C[C@H]4CCC[C@@H](C3)C4)c2=O)c(=O)[nH]1.[Cu][I].[K].[K].[K]. The van der Waals surface area contributed by atoms with Gasteiger partial charge in [0.25, 0.3) is 22.2 Å². The zero-order chi connectivity index (χ0) is 57.6. The molecule has 88 heavy (non-hydrogen) atoms. The molecular formula is C59H82ClCuIK3N12O10P. The molecule has 2 aromatic carbocycles. The van der Waals surface area contributed by atoms with E-state index in [2.05, 4.69) is 52.4 Å². The number of H-pyrrole nitrogens is 3. The number of aromatic nitrogens is 10. The minimum atomic E-state index is -3.04. The molecule has 22 nitrogen and oxygen atoms in total. The Morgan fingerprint density at radius 2 is 0.955 bits per heavy atom. The van der Waals surface area contributed by atoms with Gasteiger partial charge in [-0.3, -0.25) is 38.9 Å². The molecule has 471 valence electrons. The maximum absolute atomic E-state index is 14.0. The summed E-state index contributed by atoms with van der Waals surface area (Å²) in [7, 11) is -3.04. The van der Waals surface area contributed by atoms with E-state index in [0.29, 0.717) is 35.7 Å². The van der Waals surface area contributed by atoms with Gasteiger partial charge in [-0.15, -0.1) is 0 Å². The summed E-state index contributed by atoms with van der Waals surface area (Å²) < 4.78 is 16.4. The Balaban J connectivity index is 0.000000292. The molecular weight excluding hydrogens is 1410 g/mol. The van der Waals surface area contributed by atoms with Crippen LogP contribution in [0.2, 0.25) is 5.15 Å². The van der Waals surface area contributed by atoms with E-state index in [1.54, 1.807) is 20.3 Å². The third kappa shape index (κ3) is 19.5. The molecule has 8 bridgehead atoms. The summed E-state index contributed by atoms with van der Waals surface area (Å²) in [6.07, 6.45) is 30.5. The predicted octanol–water partition coefficient (Wildman–Crippen LogP) is 8.34. The number of nitrogens with zero attached hydrogens (tertiary/aromatic N) is 9. The van der Waals surface area contributed by atoms with Gasteiger partial charge >= 0.3 is 52.7 Å². The Hall–Kier alpha value is 0.289. The second kappa shape index (κ2) is 38.3. The minimum absolute atomic E-state index is 0. The molecule has 4 aliphatic carbocycles. The van der Waals surface area contributed by atoms with Gasteiger partial charge in [0.05, 0.1) is 22.1 Å². The van der Waals surface area contributed by atoms with Gasteiger partial charge in [-0.1, -0.05) is 110 Å². The molecule has 8 fully saturated rings. The Kier molecular flexibility index (Phi) is 35.1. The molecule has 4 saturated heterocycles. The first-order valence-corrected chi connectivity index (χ1v) is 33.4. The molecule has 6 aromatic rings. The summed E-state index contributed by atoms with van der Waals surface area (Å²) in [6.45, 7) is 0. The molecule has 5 unspecified atom stereocenters. The fraction of sp³-hybridized carbons (Fsp3) is 0.627. The van der Waals surface area contributed by atoms with Crippen molar-refractivity contribution in [3.05, 3.63) is 128 Å². The van der Waals surface area contributed by atoms with Crippen LogP contribution in [0.5, 0.6) is 0 Å². The van der Waals surface area contributed by atoms with Crippen LogP contribution >= 0.6 is 40.2 Å². The van der Waals surface area contributed by atoms with Crippen LogP contribution in [0.1, 0.15) is 176 Å². The number of hydrogen-bond acceptors (Lipinski definition) is 16. The van der Waals surface area contributed by atoms with E-state index in [1.165, 1.54) is 116 Å². The molecule has 3 radical (unpaired) electrons. The van der Waals surface area contributed by atoms with Crippen molar-refractivity contribution >= 4 is 216 Å². The molecule has 14 rings (SSSR count). The van der Waals surface area contributed by atoms with Crippen LogP contribution in [0.15, 0.2) is 89.7 Å². The van der Waals surface area contributed by atoms with Crippen molar-refractivity contribution in [1.82, 2.24) is 58.8 Å². The smallest absolute Gasteiger partial charge is 0 e. The average Bonchev–Trinajstić information content (AvgIpc) is 1.25. The molecule has 13 atom stereocenters. The maximum atomic E-state index is 14.0. The van der Waals surface area contributed by atoms with E-state index in [-0.39, 0.29) is 211 Å². The van der Waals surface area contributed by atoms with Crippen molar-refractivity contribution in [3.8, 4) is 5.82 Å². The van der Waals surface area contributed by atoms with Crippen LogP contribution in [0, 0.1) is 23.7 Å². The number of fused-ring (bicyclic) bond motifs is 10. The van der Waals surface area contributed by atoms with Crippen molar-refractivity contribution in [3.63, 3.8) is 0 Å². The average molecular weight is 1490 g/mol. The number of rotatable bonds is 6. The number of para-hydroxylation sites is 4. The molecule has 4 N–H and O–H groups in total. The first-order chi connectivity index (χ1) is 39.8. The maximum Gasteiger partial charge on any atom is 0 e. The van der Waals surface area contributed by atoms with Gasteiger partial charge in [-0.25, -0.2) is 29.9 Å². The number of benzene rings is 2. The topological polar surface area (TPSA) is 292 Å². The second-order valence-electron chi connectivity index (χ2n) is 23.7. The van der Waals surface area contributed by atoms with Gasteiger partial charge in [0.2, 0.25) is 5.82 Å². The van der Waals surface area contributed by atoms with Crippen molar-refractivity contribution in [2.45, 2.75) is 212 Å². The zero-order valence-electron chi connectivity index (χ0n) is 48.4. The summed E-state index contributed by atoms with van der Waals surface area (Å²) >= 11 is 12.2. The fourth-order valence-electron chi connectivity index (χ4n) is 16.2. The summed E-state index contributed by atoms with van der Waals surface area (Å²) in [6, 6.07) is 19.5. The second-order valence-corrected chi connectivity index (χ2v) is 24.6. The van der Waals surface area contributed by atoms with E-state index in [4.69, 9.17) is 26.3 Å². The first kappa shape index (κ1) is 80.7. The summed E-state index contributed by atoms with van der Waals surface area (Å²) in [5.41, 5.74) is 0.324. The Morgan fingerprint density at radius 3 is 1.35 bits per heavy atom. The summed E-state index contributed by atoms with van der Waals surface area (Å²) in [5.74, 6) is 3.66. The van der Waals surface area contributed by atoms with Crippen LogP contribution in [0.4, 0.5) is 0 Å². The van der Waals surface area contributed by atoms with Crippen molar-refractivity contribution in [2.24, 2.45) is 23.7 Å². The van der Waals surface area contributed by atoms with Crippen molar-refractivity contribution in [1.29, 1.82) is 0 Å². The Morgan fingerprint density at radius 1 is 0.557 bits per heavy atom. The van der Waals surface area contributed by atoms with Crippen LogP contribution in [0.25, 0.3) is 27.9 Å². The van der Waals surface area contributed by atoms with Crippen LogP contribution in [-0.2, 0) is 22.0 Å². The third-order valence-corrected chi connectivity index (χ3v) is 19.3. The van der Waals surface area contributed by atoms with E-state index in [0.717, 1.165) is 89.0 Å². The number of halogens is 2. The molecule has 8 aliphatic rings. The number of nitrogens with one attached hydrogen (secondary N) is 3. The van der Waals surface area contributed by atoms with Gasteiger partial charge in [0.1, 0.15) is 12.4 Å². The van der Waals surface area contributed by atoms with E-state index >= 15 is 0 Å². The normalized spacial score (nSPS) is 27.5. The van der Waals surface area contributed by atoms with Gasteiger partial charge in [-0.2, -0.15) is 14.9 Å². The standard InChI is InChI=1S/C28H34N6O3.C25H32ClN3O.C3H3N3O2.3CH4.Cu.HI.3K.HO4P/c35-25-16-29-34(28(37)31-25)26-27(36)33(24-10-2-1-9-23(24)30-26)22-14-19-7-4-8-20(15-22)32(19)21-12-17-5-3-6-18(11-17)13-21;26-24-25(30)29(23-10-2-1-9-22(23)27-24)21-14-18-7-4-8-19(15-21)28(18)20-12-16-5-3-6-17(11-16)13-20;7-2-1-4-6-3(8)5-2;;;;;;;;;1-4-5(2)3/h1-2,9-10,16-22H,3-8,11-15H2,(H,31,35,37);1-2,9-10,16-21H,3-8,11-15H2;1H,(H2,5,6,7,8);3*1H4;;1H;;;;1H/q;;;;;;+1;;;;;/p-1/t17-,18+,19-,20+,21?,22?;16-,17+,18-,19+,20?,21?;;;;;;;;;;. The van der Waals surface area contributed by atoms with E-state index in [1.807, 2.05) is 67.7 Å². The van der Waals surface area contributed by atoms with Gasteiger partial charge in [0, 0.05) is 207 Å². The summed E-state index contributed by atoms with van der Waals surface area (Å²) in [5, 5.41) is 16.3. The van der Waals surface area contributed by atoms with Crippen LogP contribution in [-0.4, -0.2) is 255 Å². The van der Waals surface area contributed by atoms with Gasteiger partial charge in [0.15, 0.2) is 5.15 Å². The molecule has 4 aromatic heterocycles. The largest absolute Gasteiger partial charge is 0 e. The predicted molar refractivity (Wildman–Crippen MR) is 349 cm³/mol. The molecule has 8 heterocycles. The van der Waals surface area contributed by atoms with Gasteiger partial charge < -0.3 is 14.0 Å². The molecule has 29 heteroatoms. The molecule has 4 aliphatic heterocycles.